The molecule has 1 aliphatic rings. The Morgan fingerprint density at radius 1 is 1.27 bits per heavy atom. The Hall–Kier alpha value is -1.34. The summed E-state index contributed by atoms with van der Waals surface area (Å²) < 4.78 is 13.5. The van der Waals surface area contributed by atoms with E-state index in [0.29, 0.717) is 24.6 Å². The molecule has 2 aromatic rings. The predicted octanol–water partition coefficient (Wildman–Crippen LogP) is 3.47. The molecule has 4 nitrogen and oxygen atoms in total. The summed E-state index contributed by atoms with van der Waals surface area (Å²) in [6.45, 7) is 2.06. The third kappa shape index (κ3) is 6.13. The van der Waals surface area contributed by atoms with Crippen molar-refractivity contribution < 1.29 is 9.18 Å². The molecule has 26 heavy (non-hydrogen) atoms. The van der Waals surface area contributed by atoms with Gasteiger partial charge in [0.05, 0.1) is 17.5 Å². The van der Waals surface area contributed by atoms with Crippen LogP contribution < -0.4 is 5.32 Å². The van der Waals surface area contributed by atoms with Gasteiger partial charge in [0.1, 0.15) is 5.82 Å². The molecule has 1 aromatic heterocycles. The highest BCUT2D eigenvalue weighted by Gasteiger charge is 2.27. The number of pyridine rings is 1. The number of piperazine rings is 1. The van der Waals surface area contributed by atoms with E-state index in [9.17, 15) is 9.18 Å². The minimum absolute atomic E-state index is 0. The van der Waals surface area contributed by atoms with Gasteiger partial charge in [0.25, 0.3) is 0 Å². The normalized spacial score (nSPS) is 16.3. The van der Waals surface area contributed by atoms with E-state index in [4.69, 9.17) is 0 Å². The van der Waals surface area contributed by atoms with Gasteiger partial charge in [0.2, 0.25) is 5.91 Å². The summed E-state index contributed by atoms with van der Waals surface area (Å²) >= 11 is 1.56. The molecule has 0 spiro atoms. The van der Waals surface area contributed by atoms with Crippen molar-refractivity contribution in [1.82, 2.24) is 15.2 Å². The number of benzene rings is 1. The average Bonchev–Trinajstić information content (AvgIpc) is 2.62. The van der Waals surface area contributed by atoms with Crippen molar-refractivity contribution >= 4 is 42.5 Å². The summed E-state index contributed by atoms with van der Waals surface area (Å²) in [6.07, 6.45) is 1.76. The van der Waals surface area contributed by atoms with E-state index in [1.54, 1.807) is 24.0 Å². The molecule has 1 saturated heterocycles. The van der Waals surface area contributed by atoms with Gasteiger partial charge in [-0.3, -0.25) is 9.78 Å². The minimum Gasteiger partial charge on any atom is -0.332 e. The first-order chi connectivity index (χ1) is 11.7. The van der Waals surface area contributed by atoms with Crippen LogP contribution in [-0.4, -0.2) is 41.2 Å². The maximum Gasteiger partial charge on any atom is 0.233 e. The molecular formula is C18H22Cl2FN3OS. The van der Waals surface area contributed by atoms with E-state index < -0.39 is 0 Å². The summed E-state index contributed by atoms with van der Waals surface area (Å²) in [4.78, 5) is 18.7. The lowest BCUT2D eigenvalue weighted by molar-refractivity contribution is -0.131. The summed E-state index contributed by atoms with van der Waals surface area (Å²) in [5, 5.41) is 3.29. The molecule has 0 aliphatic carbocycles. The zero-order chi connectivity index (χ0) is 16.8. The highest BCUT2D eigenvalue weighted by molar-refractivity contribution is 7.99. The fourth-order valence-electron chi connectivity index (χ4n) is 2.82. The van der Waals surface area contributed by atoms with Crippen molar-refractivity contribution in [3.05, 3.63) is 65.7 Å². The molecule has 0 radical (unpaired) electrons. The van der Waals surface area contributed by atoms with Crippen LogP contribution in [0, 0.1) is 5.82 Å². The fourth-order valence-corrected chi connectivity index (χ4v) is 3.65. The van der Waals surface area contributed by atoms with Crippen LogP contribution in [-0.2, 0) is 10.5 Å². The summed E-state index contributed by atoms with van der Waals surface area (Å²) in [5.74, 6) is 0.938. The molecule has 0 bridgehead atoms. The van der Waals surface area contributed by atoms with Gasteiger partial charge in [-0.05, 0) is 29.8 Å². The molecule has 1 amide bonds. The molecule has 1 aromatic carbocycles. The number of carbonyl (C=O) groups is 1. The number of nitrogens with zero attached hydrogens (tertiary/aromatic N) is 2. The monoisotopic (exact) mass is 417 g/mol. The van der Waals surface area contributed by atoms with Crippen molar-refractivity contribution in [3.8, 4) is 0 Å². The van der Waals surface area contributed by atoms with E-state index in [2.05, 4.69) is 10.3 Å². The Balaban J connectivity index is 0.00000169. The number of thioether (sulfide) groups is 1. The third-order valence-electron chi connectivity index (χ3n) is 4.00. The van der Waals surface area contributed by atoms with E-state index in [-0.39, 0.29) is 42.6 Å². The number of amides is 1. The molecule has 1 N–H and O–H groups in total. The minimum atomic E-state index is -0.269. The van der Waals surface area contributed by atoms with Gasteiger partial charge in [-0.2, -0.15) is 0 Å². The van der Waals surface area contributed by atoms with Crippen LogP contribution in [0.2, 0.25) is 0 Å². The lowest BCUT2D eigenvalue weighted by Crippen LogP contribution is -2.49. The van der Waals surface area contributed by atoms with Crippen LogP contribution in [0.25, 0.3) is 0 Å². The highest BCUT2D eigenvalue weighted by atomic mass is 35.5. The van der Waals surface area contributed by atoms with Crippen molar-refractivity contribution in [1.29, 1.82) is 0 Å². The van der Waals surface area contributed by atoms with E-state index in [1.807, 2.05) is 29.2 Å². The van der Waals surface area contributed by atoms with Crippen molar-refractivity contribution in [3.63, 3.8) is 0 Å². The quantitative estimate of drug-likeness (QED) is 0.808. The molecule has 3 rings (SSSR count). The van der Waals surface area contributed by atoms with Gasteiger partial charge in [0.15, 0.2) is 0 Å². The molecule has 1 fully saturated rings. The lowest BCUT2D eigenvalue weighted by Gasteiger charge is -2.36. The smallest absolute Gasteiger partial charge is 0.233 e. The number of rotatable bonds is 5. The van der Waals surface area contributed by atoms with Crippen molar-refractivity contribution in [2.24, 2.45) is 0 Å². The Bertz CT molecular complexity index is 693. The molecule has 0 saturated carbocycles. The topological polar surface area (TPSA) is 45.2 Å². The Labute approximate surface area is 169 Å². The Morgan fingerprint density at radius 2 is 2.12 bits per heavy atom. The first-order valence-electron chi connectivity index (χ1n) is 7.97. The molecule has 1 unspecified atom stereocenters. The van der Waals surface area contributed by atoms with Gasteiger partial charge in [-0.15, -0.1) is 36.6 Å². The average molecular weight is 418 g/mol. The van der Waals surface area contributed by atoms with E-state index in [0.717, 1.165) is 17.8 Å². The summed E-state index contributed by atoms with van der Waals surface area (Å²) in [6, 6.07) is 12.2. The molecule has 2 heterocycles. The van der Waals surface area contributed by atoms with Crippen LogP contribution in [0.5, 0.6) is 0 Å². The van der Waals surface area contributed by atoms with E-state index in [1.165, 1.54) is 12.1 Å². The summed E-state index contributed by atoms with van der Waals surface area (Å²) in [7, 11) is 0. The van der Waals surface area contributed by atoms with Crippen molar-refractivity contribution in [2.75, 3.05) is 25.4 Å². The third-order valence-corrected chi connectivity index (χ3v) is 4.95. The van der Waals surface area contributed by atoms with Gasteiger partial charge in [-0.1, -0.05) is 18.2 Å². The second kappa shape index (κ2) is 11.4. The number of halogens is 3. The predicted molar refractivity (Wildman–Crippen MR) is 109 cm³/mol. The summed E-state index contributed by atoms with van der Waals surface area (Å²) in [5.41, 5.74) is 1.81. The largest absolute Gasteiger partial charge is 0.332 e. The Kier molecular flexibility index (Phi) is 9.94. The number of nitrogens with one attached hydrogen (secondary N) is 1. The highest BCUT2D eigenvalue weighted by Crippen LogP contribution is 2.24. The SMILES string of the molecule is Cl.Cl.O=C(CSCc1ccccn1)N1CCNCC1c1cccc(F)c1. The molecule has 1 aliphatic heterocycles. The first kappa shape index (κ1) is 22.7. The van der Waals surface area contributed by atoms with Crippen LogP contribution in [0.1, 0.15) is 17.3 Å². The van der Waals surface area contributed by atoms with Gasteiger partial charge in [-0.25, -0.2) is 4.39 Å². The van der Waals surface area contributed by atoms with E-state index >= 15 is 0 Å². The van der Waals surface area contributed by atoms with Crippen molar-refractivity contribution in [2.45, 2.75) is 11.8 Å². The zero-order valence-electron chi connectivity index (χ0n) is 14.1. The molecule has 1 atom stereocenters. The molecule has 142 valence electrons. The number of carbonyl (C=O) groups excluding carboxylic acids is 1. The fraction of sp³-hybridized carbons (Fsp3) is 0.333. The second-order valence-corrected chi connectivity index (χ2v) is 6.66. The standard InChI is InChI=1S/C18H20FN3OS.2ClH/c19-15-5-3-4-14(10-15)17-11-20-8-9-22(17)18(23)13-24-12-16-6-1-2-7-21-16;;/h1-7,10,17,20H,8-9,11-13H2;2*1H. The Morgan fingerprint density at radius 3 is 2.85 bits per heavy atom. The van der Waals surface area contributed by atoms with Crippen LogP contribution in [0.15, 0.2) is 48.7 Å². The van der Waals surface area contributed by atoms with Gasteiger partial charge >= 0.3 is 0 Å². The van der Waals surface area contributed by atoms with Crippen LogP contribution >= 0.6 is 36.6 Å². The van der Waals surface area contributed by atoms with Crippen LogP contribution in [0.4, 0.5) is 4.39 Å². The second-order valence-electron chi connectivity index (χ2n) is 5.68. The number of aromatic nitrogens is 1. The van der Waals surface area contributed by atoms with Gasteiger partial charge in [0, 0.05) is 31.6 Å². The van der Waals surface area contributed by atoms with Gasteiger partial charge < -0.3 is 10.2 Å². The first-order valence-corrected chi connectivity index (χ1v) is 9.13. The zero-order valence-corrected chi connectivity index (χ0v) is 16.6. The number of hydrogen-bond donors (Lipinski definition) is 1. The maximum absolute atomic E-state index is 13.5. The maximum atomic E-state index is 13.5. The number of hydrogen-bond acceptors (Lipinski definition) is 4. The molecule has 8 heteroatoms. The molecular weight excluding hydrogens is 396 g/mol. The van der Waals surface area contributed by atoms with Crippen LogP contribution in [0.3, 0.4) is 0 Å². The lowest BCUT2D eigenvalue weighted by atomic mass is 10.0.